The number of hydrogen-bond donors (Lipinski definition) is 2. The summed E-state index contributed by atoms with van der Waals surface area (Å²) < 4.78 is 2.03. The van der Waals surface area contributed by atoms with Gasteiger partial charge in [0.05, 0.1) is 0 Å². The highest BCUT2D eigenvalue weighted by atomic mass is 16.2. The van der Waals surface area contributed by atoms with E-state index in [4.69, 9.17) is 0 Å². The first kappa shape index (κ1) is 17.2. The highest BCUT2D eigenvalue weighted by Gasteiger charge is 2.26. The van der Waals surface area contributed by atoms with Crippen LogP contribution in [-0.2, 0) is 4.79 Å². The Labute approximate surface area is 146 Å². The maximum absolute atomic E-state index is 12.2. The van der Waals surface area contributed by atoms with E-state index in [1.165, 1.54) is 6.92 Å². The first-order valence-corrected chi connectivity index (χ1v) is 8.72. The Morgan fingerprint density at radius 2 is 1.92 bits per heavy atom. The van der Waals surface area contributed by atoms with Crippen LogP contribution in [0.2, 0.25) is 0 Å². The average molecular weight is 344 g/mol. The van der Waals surface area contributed by atoms with Gasteiger partial charge < -0.3 is 15.5 Å². The maximum Gasteiger partial charge on any atom is 0.317 e. The Morgan fingerprint density at radius 1 is 1.16 bits per heavy atom. The summed E-state index contributed by atoms with van der Waals surface area (Å²) in [4.78, 5) is 24.8. The van der Waals surface area contributed by atoms with Crippen LogP contribution >= 0.6 is 0 Å². The number of pyridine rings is 1. The second kappa shape index (κ2) is 7.96. The molecular weight excluding hydrogens is 320 g/mol. The third-order valence-corrected chi connectivity index (χ3v) is 4.49. The fourth-order valence-corrected chi connectivity index (χ4v) is 3.14. The molecule has 1 fully saturated rings. The van der Waals surface area contributed by atoms with Crippen LogP contribution in [-0.4, -0.2) is 57.6 Å². The van der Waals surface area contributed by atoms with Crippen LogP contribution in [0.25, 0.3) is 5.65 Å². The molecule has 8 nitrogen and oxygen atoms in total. The van der Waals surface area contributed by atoms with Crippen LogP contribution in [0, 0.1) is 0 Å². The summed E-state index contributed by atoms with van der Waals surface area (Å²) in [5.41, 5.74) is 0.858. The first-order valence-electron chi connectivity index (χ1n) is 8.72. The zero-order chi connectivity index (χ0) is 17.6. The second-order valence-corrected chi connectivity index (χ2v) is 6.32. The average Bonchev–Trinajstić information content (AvgIpc) is 3.05. The summed E-state index contributed by atoms with van der Waals surface area (Å²) in [7, 11) is 0. The number of rotatable bonds is 5. The standard InChI is InChI=1S/C17H24N6O2/c1-13(24)18-8-4-9-19-17(25)22-11-6-14(7-12-22)16-21-20-15-5-2-3-10-23(15)16/h2-3,5,10,14H,4,6-9,11-12H2,1H3,(H,18,24)(H,19,25). The molecule has 0 aliphatic carbocycles. The molecule has 0 aromatic carbocycles. The Balaban J connectivity index is 1.45. The predicted octanol–water partition coefficient (Wildman–Crippen LogP) is 1.14. The maximum atomic E-state index is 12.2. The molecule has 1 aliphatic heterocycles. The van der Waals surface area contributed by atoms with Crippen molar-refractivity contribution < 1.29 is 9.59 Å². The van der Waals surface area contributed by atoms with Crippen molar-refractivity contribution in [3.8, 4) is 0 Å². The molecule has 0 atom stereocenters. The van der Waals surface area contributed by atoms with Crippen LogP contribution in [0.3, 0.4) is 0 Å². The smallest absolute Gasteiger partial charge is 0.317 e. The van der Waals surface area contributed by atoms with Crippen molar-refractivity contribution in [2.75, 3.05) is 26.2 Å². The predicted molar refractivity (Wildman–Crippen MR) is 93.2 cm³/mol. The van der Waals surface area contributed by atoms with E-state index in [2.05, 4.69) is 20.8 Å². The molecule has 1 aliphatic rings. The fourth-order valence-electron chi connectivity index (χ4n) is 3.14. The van der Waals surface area contributed by atoms with Gasteiger partial charge in [-0.25, -0.2) is 4.79 Å². The number of hydrogen-bond acceptors (Lipinski definition) is 4. The van der Waals surface area contributed by atoms with Crippen molar-refractivity contribution in [1.82, 2.24) is 30.1 Å². The molecule has 0 saturated carbocycles. The van der Waals surface area contributed by atoms with Gasteiger partial charge in [0.25, 0.3) is 0 Å². The normalized spacial score (nSPS) is 15.3. The fraction of sp³-hybridized carbons (Fsp3) is 0.529. The number of aromatic nitrogens is 3. The minimum Gasteiger partial charge on any atom is -0.356 e. The van der Waals surface area contributed by atoms with E-state index in [0.717, 1.165) is 30.7 Å². The molecule has 2 aromatic rings. The zero-order valence-electron chi connectivity index (χ0n) is 14.4. The SMILES string of the molecule is CC(=O)NCCCNC(=O)N1CCC(c2nnc3ccccn23)CC1. The van der Waals surface area contributed by atoms with Gasteiger partial charge in [-0.1, -0.05) is 6.07 Å². The van der Waals surface area contributed by atoms with Gasteiger partial charge in [0.1, 0.15) is 5.82 Å². The van der Waals surface area contributed by atoms with E-state index >= 15 is 0 Å². The van der Waals surface area contributed by atoms with E-state index in [9.17, 15) is 9.59 Å². The molecule has 8 heteroatoms. The minimum atomic E-state index is -0.0468. The van der Waals surface area contributed by atoms with Gasteiger partial charge in [0.15, 0.2) is 5.65 Å². The zero-order valence-corrected chi connectivity index (χ0v) is 14.4. The lowest BCUT2D eigenvalue weighted by Crippen LogP contribution is -2.44. The van der Waals surface area contributed by atoms with E-state index in [-0.39, 0.29) is 11.9 Å². The molecule has 25 heavy (non-hydrogen) atoms. The lowest BCUT2D eigenvalue weighted by molar-refractivity contribution is -0.118. The van der Waals surface area contributed by atoms with Crippen molar-refractivity contribution in [2.24, 2.45) is 0 Å². The van der Waals surface area contributed by atoms with E-state index < -0.39 is 0 Å². The summed E-state index contributed by atoms with van der Waals surface area (Å²) >= 11 is 0. The van der Waals surface area contributed by atoms with Crippen molar-refractivity contribution in [2.45, 2.75) is 32.1 Å². The number of fused-ring (bicyclic) bond motifs is 1. The first-order chi connectivity index (χ1) is 12.1. The molecular formula is C17H24N6O2. The topological polar surface area (TPSA) is 91.6 Å². The third kappa shape index (κ3) is 4.26. The molecule has 0 spiro atoms. The van der Waals surface area contributed by atoms with Gasteiger partial charge in [-0.15, -0.1) is 10.2 Å². The van der Waals surface area contributed by atoms with Crippen LogP contribution in [0.1, 0.15) is 37.9 Å². The second-order valence-electron chi connectivity index (χ2n) is 6.32. The van der Waals surface area contributed by atoms with Crippen molar-refractivity contribution in [3.05, 3.63) is 30.2 Å². The minimum absolute atomic E-state index is 0.0348. The summed E-state index contributed by atoms with van der Waals surface area (Å²) in [5, 5.41) is 14.2. The van der Waals surface area contributed by atoms with Crippen LogP contribution in [0.5, 0.6) is 0 Å². The molecule has 0 unspecified atom stereocenters. The number of likely N-dealkylation sites (tertiary alicyclic amines) is 1. The molecule has 134 valence electrons. The molecule has 0 radical (unpaired) electrons. The number of piperidine rings is 1. The highest BCUT2D eigenvalue weighted by molar-refractivity contribution is 5.74. The summed E-state index contributed by atoms with van der Waals surface area (Å²) in [6, 6.07) is 5.84. The van der Waals surface area contributed by atoms with E-state index in [1.807, 2.05) is 33.7 Å². The van der Waals surface area contributed by atoms with E-state index in [0.29, 0.717) is 32.1 Å². The van der Waals surface area contributed by atoms with Crippen LogP contribution < -0.4 is 10.6 Å². The van der Waals surface area contributed by atoms with Crippen molar-refractivity contribution >= 4 is 17.6 Å². The molecule has 2 aromatic heterocycles. The molecule has 3 rings (SSSR count). The molecule has 0 bridgehead atoms. The number of amides is 3. The number of carbonyl (C=O) groups excluding carboxylic acids is 2. The van der Waals surface area contributed by atoms with Crippen molar-refractivity contribution in [3.63, 3.8) is 0 Å². The molecule has 3 heterocycles. The molecule has 3 amide bonds. The number of carbonyl (C=O) groups is 2. The lowest BCUT2D eigenvalue weighted by atomic mass is 9.96. The Bertz CT molecular complexity index is 736. The van der Waals surface area contributed by atoms with Gasteiger partial charge in [-0.3, -0.25) is 9.20 Å². The van der Waals surface area contributed by atoms with Crippen LogP contribution in [0.4, 0.5) is 4.79 Å². The Kier molecular flexibility index (Phi) is 5.47. The third-order valence-electron chi connectivity index (χ3n) is 4.49. The summed E-state index contributed by atoms with van der Waals surface area (Å²) in [5.74, 6) is 1.25. The number of urea groups is 1. The summed E-state index contributed by atoms with van der Waals surface area (Å²) in [6.07, 6.45) is 4.48. The van der Waals surface area contributed by atoms with Gasteiger partial charge in [0, 0.05) is 45.2 Å². The quantitative estimate of drug-likeness (QED) is 0.796. The van der Waals surface area contributed by atoms with Gasteiger partial charge >= 0.3 is 6.03 Å². The Hall–Kier alpha value is -2.64. The van der Waals surface area contributed by atoms with Crippen molar-refractivity contribution in [1.29, 1.82) is 0 Å². The van der Waals surface area contributed by atoms with Gasteiger partial charge in [-0.2, -0.15) is 0 Å². The molecule has 1 saturated heterocycles. The summed E-state index contributed by atoms with van der Waals surface area (Å²) in [6.45, 7) is 4.06. The van der Waals surface area contributed by atoms with Gasteiger partial charge in [0.2, 0.25) is 5.91 Å². The monoisotopic (exact) mass is 344 g/mol. The largest absolute Gasteiger partial charge is 0.356 e. The van der Waals surface area contributed by atoms with E-state index in [1.54, 1.807) is 0 Å². The number of nitrogens with one attached hydrogen (secondary N) is 2. The van der Waals surface area contributed by atoms with Gasteiger partial charge in [-0.05, 0) is 31.4 Å². The highest BCUT2D eigenvalue weighted by Crippen LogP contribution is 2.26. The Morgan fingerprint density at radius 3 is 2.68 bits per heavy atom. The lowest BCUT2D eigenvalue weighted by Gasteiger charge is -2.31. The number of nitrogens with zero attached hydrogens (tertiary/aromatic N) is 4. The molecule has 2 N–H and O–H groups in total. The van der Waals surface area contributed by atoms with Crippen LogP contribution in [0.15, 0.2) is 24.4 Å².